The normalized spacial score (nSPS) is 13.5. The van der Waals surface area contributed by atoms with Crippen LogP contribution in [0.1, 0.15) is 34.2 Å². The first-order chi connectivity index (χ1) is 15.1. The highest BCUT2D eigenvalue weighted by atomic mass is 16.5. The standard InChI is InChI=1S/C25H24N2O4/c1-2-30-22-11-10-18-12-13-27(17-20(18)15-22)25(29)23(16-21-9-6-14-31-21)26-24(28)19-7-4-3-5-8-19/h3-11,14-16H,2,12-13,17H2,1H3,(H,26,28)/b23-16-. The van der Waals surface area contributed by atoms with E-state index in [0.717, 1.165) is 17.7 Å². The van der Waals surface area contributed by atoms with Crippen molar-refractivity contribution in [3.63, 3.8) is 0 Å². The lowest BCUT2D eigenvalue weighted by Gasteiger charge is -2.30. The van der Waals surface area contributed by atoms with Crippen molar-refractivity contribution in [2.75, 3.05) is 13.2 Å². The van der Waals surface area contributed by atoms with Crippen molar-refractivity contribution in [3.8, 4) is 5.75 Å². The zero-order valence-corrected chi connectivity index (χ0v) is 17.3. The van der Waals surface area contributed by atoms with Crippen LogP contribution in [0.5, 0.6) is 5.75 Å². The highest BCUT2D eigenvalue weighted by Gasteiger charge is 2.25. The molecule has 2 amide bonds. The van der Waals surface area contributed by atoms with Crippen LogP contribution >= 0.6 is 0 Å². The van der Waals surface area contributed by atoms with Crippen LogP contribution in [0, 0.1) is 0 Å². The minimum Gasteiger partial charge on any atom is -0.494 e. The summed E-state index contributed by atoms with van der Waals surface area (Å²) < 4.78 is 11.0. The van der Waals surface area contributed by atoms with Crippen molar-refractivity contribution in [1.82, 2.24) is 10.2 Å². The Morgan fingerprint density at radius 2 is 1.94 bits per heavy atom. The molecule has 0 radical (unpaired) electrons. The van der Waals surface area contributed by atoms with Crippen LogP contribution in [0.3, 0.4) is 0 Å². The second-order valence-corrected chi connectivity index (χ2v) is 7.23. The Balaban J connectivity index is 1.57. The van der Waals surface area contributed by atoms with E-state index in [4.69, 9.17) is 9.15 Å². The number of hydrogen-bond acceptors (Lipinski definition) is 4. The summed E-state index contributed by atoms with van der Waals surface area (Å²) in [6.45, 7) is 3.54. The summed E-state index contributed by atoms with van der Waals surface area (Å²) in [5.41, 5.74) is 2.91. The molecule has 1 N–H and O–H groups in total. The quantitative estimate of drug-likeness (QED) is 0.616. The lowest BCUT2D eigenvalue weighted by atomic mass is 9.99. The second-order valence-electron chi connectivity index (χ2n) is 7.23. The fourth-order valence-corrected chi connectivity index (χ4v) is 3.58. The third-order valence-corrected chi connectivity index (χ3v) is 5.13. The van der Waals surface area contributed by atoms with Gasteiger partial charge in [0.1, 0.15) is 17.2 Å². The van der Waals surface area contributed by atoms with E-state index in [1.54, 1.807) is 47.4 Å². The van der Waals surface area contributed by atoms with Crippen LogP contribution < -0.4 is 10.1 Å². The average Bonchev–Trinajstić information content (AvgIpc) is 3.31. The molecule has 3 aromatic rings. The van der Waals surface area contributed by atoms with E-state index in [2.05, 4.69) is 11.4 Å². The van der Waals surface area contributed by atoms with Crippen molar-refractivity contribution >= 4 is 17.9 Å². The molecule has 1 aromatic heterocycles. The molecule has 1 aliphatic heterocycles. The number of amides is 2. The Labute approximate surface area is 181 Å². The summed E-state index contributed by atoms with van der Waals surface area (Å²) >= 11 is 0. The molecular weight excluding hydrogens is 392 g/mol. The van der Waals surface area contributed by atoms with Gasteiger partial charge < -0.3 is 19.4 Å². The van der Waals surface area contributed by atoms with Crippen LogP contribution in [0.25, 0.3) is 6.08 Å². The third kappa shape index (κ3) is 4.86. The smallest absolute Gasteiger partial charge is 0.270 e. The van der Waals surface area contributed by atoms with Gasteiger partial charge in [-0.1, -0.05) is 24.3 Å². The molecule has 2 aromatic carbocycles. The number of carbonyl (C=O) groups is 2. The minimum atomic E-state index is -0.345. The highest BCUT2D eigenvalue weighted by molar-refractivity contribution is 6.05. The molecule has 2 heterocycles. The van der Waals surface area contributed by atoms with Crippen LogP contribution in [0.4, 0.5) is 0 Å². The van der Waals surface area contributed by atoms with Gasteiger partial charge in [-0.2, -0.15) is 0 Å². The largest absolute Gasteiger partial charge is 0.494 e. The summed E-state index contributed by atoms with van der Waals surface area (Å²) in [6, 6.07) is 18.3. The lowest BCUT2D eigenvalue weighted by molar-refractivity contribution is -0.128. The molecule has 0 unspecified atom stereocenters. The summed E-state index contributed by atoms with van der Waals surface area (Å²) in [4.78, 5) is 27.8. The number of ether oxygens (including phenoxy) is 1. The van der Waals surface area contributed by atoms with E-state index in [1.165, 1.54) is 11.8 Å². The van der Waals surface area contributed by atoms with Gasteiger partial charge in [0.05, 0.1) is 12.9 Å². The maximum atomic E-state index is 13.4. The first-order valence-electron chi connectivity index (χ1n) is 10.3. The van der Waals surface area contributed by atoms with Crippen molar-refractivity contribution in [2.24, 2.45) is 0 Å². The van der Waals surface area contributed by atoms with Crippen molar-refractivity contribution in [3.05, 3.63) is 95.1 Å². The maximum absolute atomic E-state index is 13.4. The molecule has 158 valence electrons. The first kappa shape index (κ1) is 20.5. The van der Waals surface area contributed by atoms with Gasteiger partial charge in [0, 0.05) is 24.7 Å². The molecule has 0 saturated carbocycles. The number of furan rings is 1. The average molecular weight is 416 g/mol. The fraction of sp³-hybridized carbons (Fsp3) is 0.200. The molecule has 0 fully saturated rings. The van der Waals surface area contributed by atoms with Gasteiger partial charge in [0.25, 0.3) is 11.8 Å². The summed E-state index contributed by atoms with van der Waals surface area (Å²) in [6.07, 6.45) is 3.84. The zero-order chi connectivity index (χ0) is 21.6. The first-order valence-corrected chi connectivity index (χ1v) is 10.3. The van der Waals surface area contributed by atoms with Gasteiger partial charge >= 0.3 is 0 Å². The Bertz CT molecular complexity index is 1090. The SMILES string of the molecule is CCOc1ccc2c(c1)CN(C(=O)/C(=C/c1ccco1)NC(=O)c1ccccc1)CC2. The van der Waals surface area contributed by atoms with Gasteiger partial charge in [-0.25, -0.2) is 0 Å². The van der Waals surface area contributed by atoms with E-state index >= 15 is 0 Å². The molecule has 0 spiro atoms. The van der Waals surface area contributed by atoms with Crippen molar-refractivity contribution < 1.29 is 18.7 Å². The molecule has 0 saturated heterocycles. The van der Waals surface area contributed by atoms with Crippen molar-refractivity contribution in [1.29, 1.82) is 0 Å². The third-order valence-electron chi connectivity index (χ3n) is 5.13. The van der Waals surface area contributed by atoms with E-state index < -0.39 is 0 Å². The number of hydrogen-bond donors (Lipinski definition) is 1. The topological polar surface area (TPSA) is 71.8 Å². The highest BCUT2D eigenvalue weighted by Crippen LogP contribution is 2.25. The molecule has 31 heavy (non-hydrogen) atoms. The van der Waals surface area contributed by atoms with Gasteiger partial charge in [-0.05, 0) is 60.9 Å². The Kier molecular flexibility index (Phi) is 6.17. The molecule has 1 aliphatic rings. The lowest BCUT2D eigenvalue weighted by Crippen LogP contribution is -2.41. The van der Waals surface area contributed by atoms with Crippen LogP contribution in [-0.2, 0) is 17.8 Å². The summed E-state index contributed by atoms with van der Waals surface area (Å²) in [5, 5.41) is 2.77. The monoisotopic (exact) mass is 416 g/mol. The predicted molar refractivity (Wildman–Crippen MR) is 117 cm³/mol. The zero-order valence-electron chi connectivity index (χ0n) is 17.3. The van der Waals surface area contributed by atoms with E-state index in [9.17, 15) is 9.59 Å². The Morgan fingerprint density at radius 1 is 1.10 bits per heavy atom. The molecular formula is C25H24N2O4. The molecule has 6 nitrogen and oxygen atoms in total. The minimum absolute atomic E-state index is 0.174. The van der Waals surface area contributed by atoms with Gasteiger partial charge in [0.2, 0.25) is 0 Å². The molecule has 0 atom stereocenters. The number of nitrogens with one attached hydrogen (secondary N) is 1. The van der Waals surface area contributed by atoms with Crippen LogP contribution in [-0.4, -0.2) is 29.9 Å². The number of benzene rings is 2. The summed E-state index contributed by atoms with van der Waals surface area (Å²) in [7, 11) is 0. The van der Waals surface area contributed by atoms with E-state index in [0.29, 0.717) is 31.0 Å². The Hall–Kier alpha value is -3.80. The van der Waals surface area contributed by atoms with Crippen LogP contribution in [0.15, 0.2) is 77.0 Å². The maximum Gasteiger partial charge on any atom is 0.270 e. The van der Waals surface area contributed by atoms with Crippen molar-refractivity contribution in [2.45, 2.75) is 19.9 Å². The predicted octanol–water partition coefficient (Wildman–Crippen LogP) is 4.03. The van der Waals surface area contributed by atoms with Gasteiger partial charge in [-0.15, -0.1) is 0 Å². The van der Waals surface area contributed by atoms with Gasteiger partial charge in [0.15, 0.2) is 0 Å². The molecule has 6 heteroatoms. The number of carbonyl (C=O) groups excluding carboxylic acids is 2. The molecule has 0 bridgehead atoms. The second kappa shape index (κ2) is 9.34. The molecule has 4 rings (SSSR count). The van der Waals surface area contributed by atoms with E-state index in [1.807, 2.05) is 25.1 Å². The number of nitrogens with zero attached hydrogens (tertiary/aromatic N) is 1. The van der Waals surface area contributed by atoms with E-state index in [-0.39, 0.29) is 17.5 Å². The Morgan fingerprint density at radius 3 is 2.68 bits per heavy atom. The summed E-state index contributed by atoms with van der Waals surface area (Å²) in [5.74, 6) is 0.683. The number of fused-ring (bicyclic) bond motifs is 1. The van der Waals surface area contributed by atoms with Gasteiger partial charge in [-0.3, -0.25) is 9.59 Å². The fourth-order valence-electron chi connectivity index (χ4n) is 3.58. The van der Waals surface area contributed by atoms with Crippen LogP contribution in [0.2, 0.25) is 0 Å². The molecule has 0 aliphatic carbocycles. The number of rotatable bonds is 6.